The van der Waals surface area contributed by atoms with Crippen molar-refractivity contribution in [3.63, 3.8) is 0 Å². The fourth-order valence-electron chi connectivity index (χ4n) is 5.47. The first-order valence-corrected chi connectivity index (χ1v) is 12.3. The number of aryl methyl sites for hydroxylation is 1. The molecular formula is C29H29N3O5. The molecule has 1 unspecified atom stereocenters. The maximum Gasteiger partial charge on any atom is 0.341 e. The molecule has 0 bridgehead atoms. The van der Waals surface area contributed by atoms with Gasteiger partial charge in [0, 0.05) is 29.1 Å². The summed E-state index contributed by atoms with van der Waals surface area (Å²) in [5.41, 5.74) is 6.67. The van der Waals surface area contributed by atoms with E-state index in [0.29, 0.717) is 16.9 Å². The number of hydrogen-bond donors (Lipinski definition) is 1. The molecule has 0 fully saturated rings. The summed E-state index contributed by atoms with van der Waals surface area (Å²) in [7, 11) is 0. The lowest BCUT2D eigenvalue weighted by Crippen LogP contribution is -2.53. The number of para-hydroxylation sites is 1. The van der Waals surface area contributed by atoms with Crippen LogP contribution in [-0.4, -0.2) is 29.1 Å². The predicted octanol–water partition coefficient (Wildman–Crippen LogP) is 3.37. The highest BCUT2D eigenvalue weighted by molar-refractivity contribution is 6.18. The molecule has 3 aromatic rings. The highest BCUT2D eigenvalue weighted by Crippen LogP contribution is 2.55. The molecule has 1 spiro atoms. The molecule has 2 aliphatic rings. The zero-order chi connectivity index (χ0) is 26.5. The number of fused-ring (bicyclic) bond motifs is 4. The summed E-state index contributed by atoms with van der Waals surface area (Å²) in [6.07, 6.45) is 0. The number of rotatable bonds is 5. The number of nitrogens with two attached hydrogens (primary N) is 1. The number of anilines is 1. The summed E-state index contributed by atoms with van der Waals surface area (Å²) in [5, 5.41) is 0. The number of benzene rings is 2. The molecule has 2 aliphatic heterocycles. The average molecular weight is 500 g/mol. The van der Waals surface area contributed by atoms with Gasteiger partial charge in [-0.05, 0) is 39.3 Å². The molecule has 0 radical (unpaired) electrons. The lowest BCUT2D eigenvalue weighted by Gasteiger charge is -2.36. The van der Waals surface area contributed by atoms with Crippen LogP contribution in [0.3, 0.4) is 0 Å². The lowest BCUT2D eigenvalue weighted by atomic mass is 9.68. The molecule has 0 saturated carbocycles. The van der Waals surface area contributed by atoms with Gasteiger partial charge in [-0.25, -0.2) is 4.79 Å². The molecule has 0 saturated heterocycles. The van der Waals surface area contributed by atoms with Gasteiger partial charge in [0.25, 0.3) is 5.56 Å². The minimum Gasteiger partial charge on any atom is -0.462 e. The number of esters is 1. The van der Waals surface area contributed by atoms with Crippen molar-refractivity contribution in [1.82, 2.24) is 4.57 Å². The van der Waals surface area contributed by atoms with Crippen molar-refractivity contribution in [2.75, 3.05) is 11.5 Å². The van der Waals surface area contributed by atoms with Crippen LogP contribution in [-0.2, 0) is 26.3 Å². The fourth-order valence-corrected chi connectivity index (χ4v) is 5.47. The molecule has 0 aliphatic carbocycles. The monoisotopic (exact) mass is 499 g/mol. The van der Waals surface area contributed by atoms with Crippen LogP contribution in [0.1, 0.15) is 43.2 Å². The zero-order valence-corrected chi connectivity index (χ0v) is 21.3. The first kappa shape index (κ1) is 24.4. The predicted molar refractivity (Wildman–Crippen MR) is 139 cm³/mol. The quantitative estimate of drug-likeness (QED) is 0.540. The molecule has 1 aromatic heterocycles. The van der Waals surface area contributed by atoms with Gasteiger partial charge >= 0.3 is 5.97 Å². The highest BCUT2D eigenvalue weighted by Gasteiger charge is 2.63. The van der Waals surface area contributed by atoms with Gasteiger partial charge in [-0.1, -0.05) is 48.5 Å². The van der Waals surface area contributed by atoms with Crippen molar-refractivity contribution < 1.29 is 19.1 Å². The number of pyridine rings is 1. The van der Waals surface area contributed by atoms with Gasteiger partial charge in [0.15, 0.2) is 0 Å². The molecule has 2 N–H and O–H groups in total. The van der Waals surface area contributed by atoms with E-state index >= 15 is 0 Å². The highest BCUT2D eigenvalue weighted by atomic mass is 16.5. The number of carbonyl (C=O) groups excluding carboxylic acids is 2. The molecular weight excluding hydrogens is 470 g/mol. The summed E-state index contributed by atoms with van der Waals surface area (Å²) in [5.74, 6) is -1.33. The largest absolute Gasteiger partial charge is 0.462 e. The molecule has 37 heavy (non-hydrogen) atoms. The third-order valence-corrected chi connectivity index (χ3v) is 6.97. The third kappa shape index (κ3) is 3.47. The van der Waals surface area contributed by atoms with E-state index in [2.05, 4.69) is 0 Å². The Morgan fingerprint density at radius 1 is 1.08 bits per heavy atom. The Kier molecular flexibility index (Phi) is 5.90. The molecule has 190 valence electrons. The van der Waals surface area contributed by atoms with E-state index in [9.17, 15) is 14.4 Å². The third-order valence-electron chi connectivity index (χ3n) is 6.97. The number of carbonyl (C=O) groups is 2. The van der Waals surface area contributed by atoms with Crippen LogP contribution in [0.15, 0.2) is 76.9 Å². The Balaban J connectivity index is 1.88. The Labute approximate surface area is 214 Å². The van der Waals surface area contributed by atoms with Gasteiger partial charge in [0.1, 0.15) is 16.7 Å². The minimum absolute atomic E-state index is 0.0619. The first-order valence-electron chi connectivity index (χ1n) is 12.3. The van der Waals surface area contributed by atoms with Crippen molar-refractivity contribution in [2.45, 2.75) is 45.7 Å². The Bertz CT molecular complexity index is 1510. The number of amides is 1. The van der Waals surface area contributed by atoms with Crippen LogP contribution in [0.4, 0.5) is 5.69 Å². The van der Waals surface area contributed by atoms with E-state index in [0.717, 1.165) is 5.56 Å². The fraction of sp³-hybridized carbons (Fsp3) is 0.276. The van der Waals surface area contributed by atoms with Crippen LogP contribution < -0.4 is 20.9 Å². The molecule has 2 aromatic carbocycles. The van der Waals surface area contributed by atoms with Crippen molar-refractivity contribution >= 4 is 17.6 Å². The van der Waals surface area contributed by atoms with E-state index in [1.807, 2.05) is 56.3 Å². The summed E-state index contributed by atoms with van der Waals surface area (Å²) < 4.78 is 12.9. The van der Waals surface area contributed by atoms with E-state index in [1.54, 1.807) is 41.5 Å². The van der Waals surface area contributed by atoms with Gasteiger partial charge < -0.3 is 24.7 Å². The SMILES string of the molecule is CCOC(=O)C1=C(N)Oc2cc(C)n(Cc3ccccc3)c(=O)c2C12C(=O)N(C(C)C)c1ccccc12. The van der Waals surface area contributed by atoms with Crippen LogP contribution in [0.5, 0.6) is 5.75 Å². The summed E-state index contributed by atoms with van der Waals surface area (Å²) in [6.45, 7) is 7.58. The molecule has 8 heteroatoms. The summed E-state index contributed by atoms with van der Waals surface area (Å²) >= 11 is 0. The first-order chi connectivity index (χ1) is 17.7. The lowest BCUT2D eigenvalue weighted by molar-refractivity contribution is -0.141. The van der Waals surface area contributed by atoms with Crippen LogP contribution in [0, 0.1) is 6.92 Å². The van der Waals surface area contributed by atoms with Gasteiger partial charge in [-0.2, -0.15) is 0 Å². The Morgan fingerprint density at radius 2 is 1.76 bits per heavy atom. The van der Waals surface area contributed by atoms with Gasteiger partial charge in [-0.15, -0.1) is 0 Å². The number of hydrogen-bond acceptors (Lipinski definition) is 6. The maximum atomic E-state index is 14.5. The summed E-state index contributed by atoms with van der Waals surface area (Å²) in [4.78, 5) is 44.0. The van der Waals surface area contributed by atoms with Crippen LogP contribution >= 0.6 is 0 Å². The Hall–Kier alpha value is -4.33. The van der Waals surface area contributed by atoms with Gasteiger partial charge in [-0.3, -0.25) is 9.59 Å². The topological polar surface area (TPSA) is 104 Å². The Morgan fingerprint density at radius 3 is 2.43 bits per heavy atom. The second kappa shape index (κ2) is 8.96. The van der Waals surface area contributed by atoms with E-state index in [4.69, 9.17) is 15.2 Å². The van der Waals surface area contributed by atoms with Crippen LogP contribution in [0.25, 0.3) is 0 Å². The van der Waals surface area contributed by atoms with Crippen molar-refractivity contribution in [2.24, 2.45) is 5.73 Å². The molecule has 8 nitrogen and oxygen atoms in total. The van der Waals surface area contributed by atoms with Crippen molar-refractivity contribution in [3.05, 3.63) is 105 Å². The maximum absolute atomic E-state index is 14.5. The number of nitrogens with zero attached hydrogens (tertiary/aromatic N) is 2. The van der Waals surface area contributed by atoms with Gasteiger partial charge in [0.2, 0.25) is 11.8 Å². The normalized spacial score (nSPS) is 18.2. The summed E-state index contributed by atoms with van der Waals surface area (Å²) in [6, 6.07) is 18.2. The molecule has 5 rings (SSSR count). The zero-order valence-electron chi connectivity index (χ0n) is 21.3. The second-order valence-corrected chi connectivity index (χ2v) is 9.50. The smallest absolute Gasteiger partial charge is 0.341 e. The van der Waals surface area contributed by atoms with Gasteiger partial charge in [0.05, 0.1) is 18.7 Å². The average Bonchev–Trinajstić information content (AvgIpc) is 3.11. The van der Waals surface area contributed by atoms with E-state index in [-0.39, 0.29) is 42.0 Å². The van der Waals surface area contributed by atoms with E-state index in [1.165, 1.54) is 0 Å². The van der Waals surface area contributed by atoms with Crippen molar-refractivity contribution in [1.29, 1.82) is 0 Å². The number of aromatic nitrogens is 1. The van der Waals surface area contributed by atoms with E-state index < -0.39 is 22.9 Å². The van der Waals surface area contributed by atoms with Crippen molar-refractivity contribution in [3.8, 4) is 5.75 Å². The molecule has 3 heterocycles. The minimum atomic E-state index is -1.81. The molecule has 1 amide bonds. The molecule has 1 atom stereocenters. The standard InChI is InChI=1S/C29H29N3O5/c1-5-36-27(34)24-25(30)37-22-15-18(4)31(16-19-11-7-6-8-12-19)26(33)23(22)29(24)20-13-9-10-14-21(20)32(17(2)3)28(29)35/h6-15,17H,5,16,30H2,1-4H3. The van der Waals surface area contributed by atoms with Crippen LogP contribution in [0.2, 0.25) is 0 Å². The number of ether oxygens (including phenoxy) is 2. The second-order valence-electron chi connectivity index (χ2n) is 9.50.